The van der Waals surface area contributed by atoms with E-state index in [-0.39, 0.29) is 0 Å². The van der Waals surface area contributed by atoms with Gasteiger partial charge < -0.3 is 0 Å². The van der Waals surface area contributed by atoms with Crippen LogP contribution in [0.2, 0.25) is 0 Å². The molecule has 0 heterocycles. The summed E-state index contributed by atoms with van der Waals surface area (Å²) in [6.45, 7) is 2.63. The molecule has 1 atom stereocenters. The van der Waals surface area contributed by atoms with E-state index in [1.807, 2.05) is 6.92 Å². The summed E-state index contributed by atoms with van der Waals surface area (Å²) < 4.78 is 0. The predicted molar refractivity (Wildman–Crippen MR) is 42.1 cm³/mol. The molecule has 0 spiro atoms. The minimum absolute atomic E-state index is 0.459. The van der Waals surface area contributed by atoms with Gasteiger partial charge in [-0.15, -0.1) is 11.6 Å². The molecule has 0 saturated carbocycles. The number of isocyanates is 1. The third-order valence-electron chi connectivity index (χ3n) is 1.30. The summed E-state index contributed by atoms with van der Waals surface area (Å²) in [7, 11) is 0. The summed E-state index contributed by atoms with van der Waals surface area (Å²) in [5, 5.41) is 0. The first kappa shape index (κ1) is 9.67. The van der Waals surface area contributed by atoms with Gasteiger partial charge in [0.1, 0.15) is 0 Å². The summed E-state index contributed by atoms with van der Waals surface area (Å²) in [4.78, 5) is 13.1. The van der Waals surface area contributed by atoms with Gasteiger partial charge >= 0.3 is 0 Å². The summed E-state index contributed by atoms with van der Waals surface area (Å²) in [6, 6.07) is 0. The molecule has 10 heavy (non-hydrogen) atoms. The Morgan fingerprint density at radius 1 is 1.70 bits per heavy atom. The Morgan fingerprint density at radius 2 is 2.40 bits per heavy atom. The molecular formula is C7H12ClNO. The molecule has 0 fully saturated rings. The lowest BCUT2D eigenvalue weighted by Crippen LogP contribution is -1.98. The number of nitrogens with zero attached hydrogens (tertiary/aromatic N) is 1. The summed E-state index contributed by atoms with van der Waals surface area (Å²) in [6.07, 6.45) is 3.55. The average molecular weight is 162 g/mol. The number of hydrogen-bond acceptors (Lipinski definition) is 2. The van der Waals surface area contributed by atoms with Gasteiger partial charge in [-0.2, -0.15) is 0 Å². The molecule has 1 unspecified atom stereocenters. The lowest BCUT2D eigenvalue weighted by molar-refractivity contribution is 0.527. The smallest absolute Gasteiger partial charge is 0.211 e. The second kappa shape index (κ2) is 6.79. The number of aliphatic imine (C=N–C) groups is 1. The third-order valence-corrected chi connectivity index (χ3v) is 1.57. The highest BCUT2D eigenvalue weighted by Gasteiger charge is 1.98. The molecule has 3 heteroatoms. The van der Waals surface area contributed by atoms with Gasteiger partial charge in [0.2, 0.25) is 6.08 Å². The fourth-order valence-corrected chi connectivity index (χ4v) is 0.864. The number of halogens is 1. The molecule has 0 rings (SSSR count). The quantitative estimate of drug-likeness (QED) is 0.345. The molecule has 0 aliphatic rings. The van der Waals surface area contributed by atoms with Crippen LogP contribution in [0, 0.1) is 5.92 Å². The van der Waals surface area contributed by atoms with E-state index in [0.717, 1.165) is 12.8 Å². The van der Waals surface area contributed by atoms with Crippen LogP contribution >= 0.6 is 11.6 Å². The number of alkyl halides is 1. The first-order valence-electron chi connectivity index (χ1n) is 3.41. The minimum Gasteiger partial charge on any atom is -0.211 e. The first-order valence-corrected chi connectivity index (χ1v) is 3.94. The van der Waals surface area contributed by atoms with E-state index in [1.165, 1.54) is 6.08 Å². The van der Waals surface area contributed by atoms with Gasteiger partial charge in [0, 0.05) is 5.88 Å². The van der Waals surface area contributed by atoms with E-state index in [9.17, 15) is 4.79 Å². The van der Waals surface area contributed by atoms with Crippen molar-refractivity contribution in [3.63, 3.8) is 0 Å². The van der Waals surface area contributed by atoms with E-state index in [2.05, 4.69) is 4.99 Å². The third kappa shape index (κ3) is 5.80. The summed E-state index contributed by atoms with van der Waals surface area (Å²) >= 11 is 5.47. The zero-order valence-electron chi connectivity index (χ0n) is 6.14. The largest absolute Gasteiger partial charge is 0.234 e. The van der Waals surface area contributed by atoms with Crippen LogP contribution in [0.4, 0.5) is 0 Å². The van der Waals surface area contributed by atoms with Crippen molar-refractivity contribution < 1.29 is 4.79 Å². The van der Waals surface area contributed by atoms with Crippen molar-refractivity contribution in [3.05, 3.63) is 0 Å². The molecule has 0 aromatic rings. The molecule has 0 N–H and O–H groups in total. The highest BCUT2D eigenvalue weighted by atomic mass is 35.5. The molecule has 2 nitrogen and oxygen atoms in total. The second-order valence-corrected chi connectivity index (χ2v) is 2.75. The van der Waals surface area contributed by atoms with Crippen LogP contribution in [0.3, 0.4) is 0 Å². The maximum absolute atomic E-state index is 9.67. The van der Waals surface area contributed by atoms with Gasteiger partial charge in [-0.3, -0.25) is 0 Å². The lowest BCUT2D eigenvalue weighted by atomic mass is 10.1. The van der Waals surface area contributed by atoms with Crippen molar-refractivity contribution in [2.45, 2.75) is 19.8 Å². The van der Waals surface area contributed by atoms with E-state index in [1.54, 1.807) is 0 Å². The Balaban J connectivity index is 3.24. The van der Waals surface area contributed by atoms with Crippen LogP contribution in [0.25, 0.3) is 0 Å². The fraction of sp³-hybridized carbons (Fsp3) is 0.857. The van der Waals surface area contributed by atoms with Crippen LogP contribution in [0.5, 0.6) is 0 Å². The maximum atomic E-state index is 9.67. The van der Waals surface area contributed by atoms with E-state index in [4.69, 9.17) is 11.6 Å². The Morgan fingerprint density at radius 3 is 2.90 bits per heavy atom. The molecule has 0 aliphatic heterocycles. The van der Waals surface area contributed by atoms with Crippen LogP contribution in [-0.4, -0.2) is 18.5 Å². The van der Waals surface area contributed by atoms with Crippen molar-refractivity contribution in [2.75, 3.05) is 12.4 Å². The SMILES string of the molecule is CC(CCCCl)CN=C=O. The topological polar surface area (TPSA) is 29.4 Å². The number of hydrogen-bond donors (Lipinski definition) is 0. The molecule has 0 saturated heterocycles. The molecule has 0 amide bonds. The standard InChI is InChI=1S/C7H12ClNO/c1-7(3-2-4-8)5-9-6-10/h7H,2-5H2,1H3. The van der Waals surface area contributed by atoms with Gasteiger partial charge in [0.15, 0.2) is 0 Å². The Hall–Kier alpha value is -0.330. The lowest BCUT2D eigenvalue weighted by Gasteiger charge is -2.03. The van der Waals surface area contributed by atoms with Crippen LogP contribution < -0.4 is 0 Å². The fourth-order valence-electron chi connectivity index (χ4n) is 0.710. The van der Waals surface area contributed by atoms with E-state index in [0.29, 0.717) is 18.3 Å². The van der Waals surface area contributed by atoms with Crippen molar-refractivity contribution >= 4 is 17.7 Å². The Bertz CT molecular complexity index is 121. The van der Waals surface area contributed by atoms with Gasteiger partial charge in [-0.1, -0.05) is 6.92 Å². The van der Waals surface area contributed by atoms with Gasteiger partial charge in [0.25, 0.3) is 0 Å². The van der Waals surface area contributed by atoms with E-state index >= 15 is 0 Å². The Kier molecular flexibility index (Phi) is 6.56. The summed E-state index contributed by atoms with van der Waals surface area (Å²) in [5.74, 6) is 1.15. The number of carbonyl (C=O) groups excluding carboxylic acids is 1. The maximum Gasteiger partial charge on any atom is 0.234 e. The highest BCUT2D eigenvalue weighted by molar-refractivity contribution is 6.17. The molecule has 0 aliphatic carbocycles. The van der Waals surface area contributed by atoms with Gasteiger partial charge in [0.05, 0.1) is 6.54 Å². The Labute approximate surface area is 66.3 Å². The first-order chi connectivity index (χ1) is 4.81. The van der Waals surface area contributed by atoms with Gasteiger partial charge in [-0.25, -0.2) is 9.79 Å². The molecule has 0 bridgehead atoms. The normalized spacial score (nSPS) is 12.2. The zero-order valence-corrected chi connectivity index (χ0v) is 6.90. The highest BCUT2D eigenvalue weighted by Crippen LogP contribution is 2.05. The monoisotopic (exact) mass is 161 g/mol. The van der Waals surface area contributed by atoms with Crippen LogP contribution in [-0.2, 0) is 4.79 Å². The van der Waals surface area contributed by atoms with E-state index < -0.39 is 0 Å². The van der Waals surface area contributed by atoms with Crippen molar-refractivity contribution in [1.82, 2.24) is 0 Å². The van der Waals surface area contributed by atoms with Crippen molar-refractivity contribution in [3.8, 4) is 0 Å². The van der Waals surface area contributed by atoms with Crippen molar-refractivity contribution in [2.24, 2.45) is 10.9 Å². The zero-order chi connectivity index (χ0) is 7.82. The molecule has 0 radical (unpaired) electrons. The minimum atomic E-state index is 0.459. The van der Waals surface area contributed by atoms with Crippen LogP contribution in [0.1, 0.15) is 19.8 Å². The molecule has 0 aromatic heterocycles. The average Bonchev–Trinajstić information content (AvgIpc) is 1.97. The summed E-state index contributed by atoms with van der Waals surface area (Å²) in [5.41, 5.74) is 0. The van der Waals surface area contributed by atoms with Gasteiger partial charge in [-0.05, 0) is 18.8 Å². The predicted octanol–water partition coefficient (Wildman–Crippen LogP) is 1.98. The molecule has 0 aromatic carbocycles. The molecule has 58 valence electrons. The second-order valence-electron chi connectivity index (χ2n) is 2.37. The molecular weight excluding hydrogens is 150 g/mol. The number of rotatable bonds is 5. The van der Waals surface area contributed by atoms with Crippen LogP contribution in [0.15, 0.2) is 4.99 Å². The van der Waals surface area contributed by atoms with Crippen molar-refractivity contribution in [1.29, 1.82) is 0 Å².